The first kappa shape index (κ1) is 15.4. The molecule has 0 bridgehead atoms. The summed E-state index contributed by atoms with van der Waals surface area (Å²) in [5.41, 5.74) is 0.492. The number of aliphatic hydroxyl groups is 3. The van der Waals surface area contributed by atoms with Crippen LogP contribution in [0.25, 0.3) is 0 Å². The van der Waals surface area contributed by atoms with Crippen molar-refractivity contribution in [3.8, 4) is 0 Å². The predicted octanol–water partition coefficient (Wildman–Crippen LogP) is 2.72. The molecule has 9 atom stereocenters. The molecule has 0 aromatic rings. The predicted molar refractivity (Wildman–Crippen MR) is 85.1 cm³/mol. The Kier molecular flexibility index (Phi) is 3.46. The molecule has 4 saturated carbocycles. The van der Waals surface area contributed by atoms with E-state index in [2.05, 4.69) is 13.8 Å². The van der Waals surface area contributed by atoms with Crippen molar-refractivity contribution in [3.05, 3.63) is 0 Å². The summed E-state index contributed by atoms with van der Waals surface area (Å²) in [5.74, 6) is 1.45. The fourth-order valence-corrected chi connectivity index (χ4v) is 7.23. The van der Waals surface area contributed by atoms with E-state index >= 15 is 0 Å². The maximum atomic E-state index is 10.9. The van der Waals surface area contributed by atoms with Gasteiger partial charge >= 0.3 is 0 Å². The highest BCUT2D eigenvalue weighted by atomic mass is 16.3. The van der Waals surface area contributed by atoms with Crippen molar-refractivity contribution >= 4 is 0 Å². The minimum atomic E-state index is -0.649. The number of fused-ring (bicyclic) bond motifs is 5. The maximum absolute atomic E-state index is 10.9. The second-order valence-electron chi connectivity index (χ2n) is 9.40. The van der Waals surface area contributed by atoms with Gasteiger partial charge in [-0.05, 0) is 79.4 Å². The van der Waals surface area contributed by atoms with Crippen molar-refractivity contribution in [2.45, 2.75) is 83.5 Å². The first-order chi connectivity index (χ1) is 10.4. The summed E-state index contributed by atoms with van der Waals surface area (Å²) in [6.07, 6.45) is 7.29. The van der Waals surface area contributed by atoms with Gasteiger partial charge in [-0.15, -0.1) is 0 Å². The number of hydrogen-bond acceptors (Lipinski definition) is 3. The molecule has 1 unspecified atom stereocenters. The fourth-order valence-electron chi connectivity index (χ4n) is 7.23. The first-order valence-electron chi connectivity index (χ1n) is 9.41. The monoisotopic (exact) mass is 308 g/mol. The van der Waals surface area contributed by atoms with Crippen LogP contribution in [0.2, 0.25) is 0 Å². The van der Waals surface area contributed by atoms with Gasteiger partial charge in [0.1, 0.15) is 0 Å². The van der Waals surface area contributed by atoms with Crippen LogP contribution in [0.3, 0.4) is 0 Å². The second kappa shape index (κ2) is 4.94. The second-order valence-corrected chi connectivity index (χ2v) is 9.40. The van der Waals surface area contributed by atoms with Crippen molar-refractivity contribution in [1.29, 1.82) is 0 Å². The lowest BCUT2D eigenvalue weighted by Gasteiger charge is -2.63. The van der Waals surface area contributed by atoms with E-state index in [1.807, 2.05) is 0 Å². The van der Waals surface area contributed by atoms with E-state index in [4.69, 9.17) is 0 Å². The summed E-state index contributed by atoms with van der Waals surface area (Å²) in [5, 5.41) is 31.8. The molecule has 0 heterocycles. The Hall–Kier alpha value is -0.120. The van der Waals surface area contributed by atoms with Gasteiger partial charge in [-0.1, -0.05) is 20.3 Å². The summed E-state index contributed by atoms with van der Waals surface area (Å²) in [6, 6.07) is 0. The Morgan fingerprint density at radius 2 is 1.55 bits per heavy atom. The molecule has 4 fully saturated rings. The summed E-state index contributed by atoms with van der Waals surface area (Å²) in [4.78, 5) is 0. The van der Waals surface area contributed by atoms with Crippen LogP contribution < -0.4 is 0 Å². The van der Waals surface area contributed by atoms with E-state index in [9.17, 15) is 15.3 Å². The molecule has 22 heavy (non-hydrogen) atoms. The zero-order valence-corrected chi connectivity index (χ0v) is 14.0. The molecule has 0 spiro atoms. The van der Waals surface area contributed by atoms with E-state index in [-0.39, 0.29) is 23.4 Å². The zero-order valence-electron chi connectivity index (χ0n) is 14.0. The minimum Gasteiger partial charge on any atom is -0.393 e. The average molecular weight is 308 g/mol. The Balaban J connectivity index is 1.71. The zero-order chi connectivity index (χ0) is 15.7. The highest BCUT2D eigenvalue weighted by Gasteiger charge is 2.63. The standard InChI is InChI=1S/C19H32O3/c1-18-7-3-4-12(18)15-13(6-8-18)19(2)9-5-11(20)10-14(19)16(21)17(15)22/h11-17,20-22H,3-10H2,1-2H3/t11-,12-,13-,14?,15-,16+,17+,18-,19+/m0/s1. The molecule has 0 aromatic heterocycles. The van der Waals surface area contributed by atoms with E-state index in [1.54, 1.807) is 0 Å². The van der Waals surface area contributed by atoms with Gasteiger partial charge in [0.05, 0.1) is 18.3 Å². The quantitative estimate of drug-likeness (QED) is 0.645. The van der Waals surface area contributed by atoms with Gasteiger partial charge in [0.2, 0.25) is 0 Å². The summed E-state index contributed by atoms with van der Waals surface area (Å²) in [6.45, 7) is 4.76. The highest BCUT2D eigenvalue weighted by Crippen LogP contribution is 2.66. The lowest BCUT2D eigenvalue weighted by molar-refractivity contribution is -0.219. The highest BCUT2D eigenvalue weighted by molar-refractivity contribution is 5.12. The van der Waals surface area contributed by atoms with E-state index in [0.29, 0.717) is 23.7 Å². The van der Waals surface area contributed by atoms with Crippen LogP contribution in [0.5, 0.6) is 0 Å². The van der Waals surface area contributed by atoms with Crippen LogP contribution >= 0.6 is 0 Å². The molecule has 4 aliphatic rings. The molecular weight excluding hydrogens is 276 g/mol. The third kappa shape index (κ3) is 1.91. The molecule has 0 amide bonds. The van der Waals surface area contributed by atoms with Gasteiger partial charge < -0.3 is 15.3 Å². The Bertz CT molecular complexity index is 452. The van der Waals surface area contributed by atoms with Crippen molar-refractivity contribution < 1.29 is 15.3 Å². The van der Waals surface area contributed by atoms with Crippen molar-refractivity contribution in [1.82, 2.24) is 0 Å². The fraction of sp³-hybridized carbons (Fsp3) is 1.00. The number of aliphatic hydroxyl groups excluding tert-OH is 3. The first-order valence-corrected chi connectivity index (χ1v) is 9.41. The van der Waals surface area contributed by atoms with Crippen LogP contribution in [-0.2, 0) is 0 Å². The molecule has 4 aliphatic carbocycles. The molecule has 0 aliphatic heterocycles. The smallest absolute Gasteiger partial charge is 0.0836 e. The normalized spacial score (nSPS) is 61.2. The summed E-state index contributed by atoms with van der Waals surface area (Å²) >= 11 is 0. The molecule has 0 aromatic carbocycles. The molecule has 126 valence electrons. The molecule has 3 N–H and O–H groups in total. The van der Waals surface area contributed by atoms with Gasteiger partial charge in [-0.25, -0.2) is 0 Å². The average Bonchev–Trinajstić information content (AvgIpc) is 2.88. The SMILES string of the molecule is C[C@@]12CCC[C@H]1[C@@H]1[C@@H](O)[C@H](O)C3C[C@@H](O)CC[C@]3(C)[C@H]1CC2. The van der Waals surface area contributed by atoms with Gasteiger partial charge in [-0.3, -0.25) is 0 Å². The minimum absolute atomic E-state index is 0.0678. The molecule has 0 radical (unpaired) electrons. The third-order valence-corrected chi connectivity index (χ3v) is 8.51. The maximum Gasteiger partial charge on any atom is 0.0836 e. The van der Waals surface area contributed by atoms with Gasteiger partial charge in [0, 0.05) is 0 Å². The lowest BCUT2D eigenvalue weighted by Crippen LogP contribution is -2.63. The van der Waals surface area contributed by atoms with Crippen LogP contribution in [-0.4, -0.2) is 33.6 Å². The Morgan fingerprint density at radius 1 is 0.773 bits per heavy atom. The topological polar surface area (TPSA) is 60.7 Å². The molecule has 3 nitrogen and oxygen atoms in total. The molecule has 3 heteroatoms. The third-order valence-electron chi connectivity index (χ3n) is 8.51. The van der Waals surface area contributed by atoms with Gasteiger partial charge in [0.15, 0.2) is 0 Å². The Labute approximate surface area is 134 Å². The van der Waals surface area contributed by atoms with Crippen molar-refractivity contribution in [3.63, 3.8) is 0 Å². The Morgan fingerprint density at radius 3 is 2.32 bits per heavy atom. The van der Waals surface area contributed by atoms with E-state index < -0.39 is 12.2 Å². The van der Waals surface area contributed by atoms with Crippen LogP contribution in [0, 0.1) is 34.5 Å². The van der Waals surface area contributed by atoms with E-state index in [1.165, 1.54) is 32.1 Å². The van der Waals surface area contributed by atoms with Crippen molar-refractivity contribution in [2.75, 3.05) is 0 Å². The number of hydrogen-bond donors (Lipinski definition) is 3. The van der Waals surface area contributed by atoms with Gasteiger partial charge in [0.25, 0.3) is 0 Å². The van der Waals surface area contributed by atoms with Crippen LogP contribution in [0.1, 0.15) is 65.2 Å². The van der Waals surface area contributed by atoms with Crippen LogP contribution in [0.4, 0.5) is 0 Å². The summed E-state index contributed by atoms with van der Waals surface area (Å²) < 4.78 is 0. The van der Waals surface area contributed by atoms with Crippen LogP contribution in [0.15, 0.2) is 0 Å². The van der Waals surface area contributed by atoms with E-state index in [0.717, 1.165) is 12.8 Å². The van der Waals surface area contributed by atoms with Gasteiger partial charge in [-0.2, -0.15) is 0 Å². The largest absolute Gasteiger partial charge is 0.393 e. The molecule has 0 saturated heterocycles. The molecule has 4 rings (SSSR count). The van der Waals surface area contributed by atoms with Crippen molar-refractivity contribution in [2.24, 2.45) is 34.5 Å². The lowest BCUT2D eigenvalue weighted by atomic mass is 9.44. The summed E-state index contributed by atoms with van der Waals surface area (Å²) in [7, 11) is 0. The number of rotatable bonds is 0. The molecular formula is C19H32O3.